The van der Waals surface area contributed by atoms with Crippen LogP contribution in [-0.2, 0) is 0 Å². The molecular formula is C14H21N3O2S. The Bertz CT molecular complexity index is 525. The van der Waals surface area contributed by atoms with Gasteiger partial charge in [-0.2, -0.15) is 0 Å². The molecule has 1 aromatic rings. The Labute approximate surface area is 123 Å². The highest BCUT2D eigenvalue weighted by atomic mass is 32.1. The van der Waals surface area contributed by atoms with Crippen molar-refractivity contribution in [3.8, 4) is 5.75 Å². The maximum Gasteiger partial charge on any atom is 0.178 e. The van der Waals surface area contributed by atoms with Gasteiger partial charge in [-0.1, -0.05) is 0 Å². The van der Waals surface area contributed by atoms with Gasteiger partial charge < -0.3 is 20.7 Å². The number of carbonyl (C=O) groups is 1. The van der Waals surface area contributed by atoms with Gasteiger partial charge in [0, 0.05) is 18.5 Å². The Balaban J connectivity index is 1.82. The lowest BCUT2D eigenvalue weighted by atomic mass is 10.2. The number of nitrogens with one attached hydrogen (secondary N) is 1. The van der Waals surface area contributed by atoms with Crippen LogP contribution in [0.1, 0.15) is 28.9 Å². The largest absolute Gasteiger partial charge is 0.492 e. The summed E-state index contributed by atoms with van der Waals surface area (Å²) in [5, 5.41) is 4.38. The number of thiophene rings is 1. The van der Waals surface area contributed by atoms with Crippen LogP contribution in [0.2, 0.25) is 0 Å². The SMILES string of the molecule is COc1c(NC2CCN(C)C2)sc(C(=O)C2CC2)c1N. The number of ketones is 1. The molecule has 3 N–H and O–H groups in total. The molecule has 0 radical (unpaired) electrons. The van der Waals surface area contributed by atoms with Crippen LogP contribution in [0.3, 0.4) is 0 Å². The molecule has 2 fully saturated rings. The molecule has 0 amide bonds. The van der Waals surface area contributed by atoms with E-state index in [4.69, 9.17) is 10.5 Å². The highest BCUT2D eigenvalue weighted by Gasteiger charge is 2.34. The highest BCUT2D eigenvalue weighted by Crippen LogP contribution is 2.46. The molecule has 3 rings (SSSR count). The fourth-order valence-electron chi connectivity index (χ4n) is 2.68. The topological polar surface area (TPSA) is 67.6 Å². The van der Waals surface area contributed by atoms with Crippen LogP contribution < -0.4 is 15.8 Å². The summed E-state index contributed by atoms with van der Waals surface area (Å²) >= 11 is 1.45. The number of hydrogen-bond acceptors (Lipinski definition) is 6. The Kier molecular flexibility index (Phi) is 3.60. The zero-order valence-electron chi connectivity index (χ0n) is 11.9. The number of hydrogen-bond donors (Lipinski definition) is 2. The summed E-state index contributed by atoms with van der Waals surface area (Å²) in [5.74, 6) is 1.00. The van der Waals surface area contributed by atoms with E-state index in [0.717, 1.165) is 37.4 Å². The van der Waals surface area contributed by atoms with Crippen molar-refractivity contribution in [2.75, 3.05) is 38.3 Å². The van der Waals surface area contributed by atoms with E-state index < -0.39 is 0 Å². The lowest BCUT2D eigenvalue weighted by Gasteiger charge is -2.13. The Morgan fingerprint density at radius 1 is 1.45 bits per heavy atom. The number of rotatable bonds is 5. The second-order valence-electron chi connectivity index (χ2n) is 5.74. The maximum atomic E-state index is 12.2. The molecule has 1 atom stereocenters. The number of methoxy groups -OCH3 is 1. The van der Waals surface area contributed by atoms with Crippen molar-refractivity contribution in [1.82, 2.24) is 4.90 Å². The van der Waals surface area contributed by atoms with Gasteiger partial charge in [-0.25, -0.2) is 0 Å². The number of nitrogens with two attached hydrogens (primary N) is 1. The first-order valence-corrected chi connectivity index (χ1v) is 7.87. The molecule has 1 aromatic heterocycles. The van der Waals surface area contributed by atoms with Gasteiger partial charge in [-0.3, -0.25) is 4.79 Å². The minimum atomic E-state index is 0.183. The number of likely N-dealkylation sites (N-methyl/N-ethyl adjacent to an activating group) is 1. The van der Waals surface area contributed by atoms with E-state index in [2.05, 4.69) is 17.3 Å². The number of likely N-dealkylation sites (tertiary alicyclic amines) is 1. The molecule has 1 saturated heterocycles. The summed E-state index contributed by atoms with van der Waals surface area (Å²) in [6, 6.07) is 0.399. The average molecular weight is 295 g/mol. The van der Waals surface area contributed by atoms with Crippen LogP contribution in [0.25, 0.3) is 0 Å². The number of carbonyl (C=O) groups excluding carboxylic acids is 1. The third-order valence-corrected chi connectivity index (χ3v) is 5.13. The van der Waals surface area contributed by atoms with E-state index in [1.54, 1.807) is 7.11 Å². The minimum Gasteiger partial charge on any atom is -0.492 e. The molecule has 0 spiro atoms. The van der Waals surface area contributed by atoms with Crippen molar-refractivity contribution in [1.29, 1.82) is 0 Å². The second-order valence-corrected chi connectivity index (χ2v) is 6.76. The predicted molar refractivity (Wildman–Crippen MR) is 81.9 cm³/mol. The van der Waals surface area contributed by atoms with Crippen molar-refractivity contribution in [3.63, 3.8) is 0 Å². The van der Waals surface area contributed by atoms with E-state index in [-0.39, 0.29) is 11.7 Å². The molecule has 1 unspecified atom stereocenters. The number of ether oxygens (including phenoxy) is 1. The van der Waals surface area contributed by atoms with Gasteiger partial charge in [0.05, 0.1) is 17.7 Å². The third kappa shape index (κ3) is 2.50. The molecule has 1 saturated carbocycles. The molecule has 1 aliphatic heterocycles. The van der Waals surface area contributed by atoms with Gasteiger partial charge in [0.2, 0.25) is 0 Å². The molecule has 6 heteroatoms. The standard InChI is InChI=1S/C14H21N3O2S/c1-17-6-5-9(7-17)16-14-12(19-2)10(15)13(20-14)11(18)8-3-4-8/h8-9,16H,3-7,15H2,1-2H3. The van der Waals surface area contributed by atoms with Crippen LogP contribution in [-0.4, -0.2) is 44.0 Å². The Hall–Kier alpha value is -1.27. The van der Waals surface area contributed by atoms with Crippen molar-refractivity contribution in [2.45, 2.75) is 25.3 Å². The minimum absolute atomic E-state index is 0.183. The fourth-order valence-corrected chi connectivity index (χ4v) is 3.86. The van der Waals surface area contributed by atoms with E-state index >= 15 is 0 Å². The van der Waals surface area contributed by atoms with Gasteiger partial charge in [0.25, 0.3) is 0 Å². The van der Waals surface area contributed by atoms with Crippen LogP contribution in [0, 0.1) is 5.92 Å². The van der Waals surface area contributed by atoms with E-state index in [0.29, 0.717) is 22.4 Å². The maximum absolute atomic E-state index is 12.2. The summed E-state index contributed by atoms with van der Waals surface area (Å²) < 4.78 is 5.40. The third-order valence-electron chi connectivity index (χ3n) is 4.00. The number of Topliss-reactive ketones (excluding diaryl/α,β-unsaturated/α-hetero) is 1. The van der Waals surface area contributed by atoms with Crippen molar-refractivity contribution < 1.29 is 9.53 Å². The molecule has 2 aliphatic rings. The zero-order chi connectivity index (χ0) is 14.3. The molecule has 0 aromatic carbocycles. The Morgan fingerprint density at radius 3 is 2.75 bits per heavy atom. The number of nitrogen functional groups attached to an aromatic ring is 1. The van der Waals surface area contributed by atoms with Crippen molar-refractivity contribution in [3.05, 3.63) is 4.88 Å². The first kappa shape index (κ1) is 13.7. The van der Waals surface area contributed by atoms with Crippen LogP contribution >= 0.6 is 11.3 Å². The number of nitrogens with zero attached hydrogens (tertiary/aromatic N) is 1. The summed E-state index contributed by atoms with van der Waals surface area (Å²) in [6.45, 7) is 2.10. The lowest BCUT2D eigenvalue weighted by Crippen LogP contribution is -2.23. The summed E-state index contributed by atoms with van der Waals surface area (Å²) in [7, 11) is 3.72. The van der Waals surface area contributed by atoms with Gasteiger partial charge in [-0.05, 0) is 32.9 Å². The van der Waals surface area contributed by atoms with Crippen molar-refractivity contribution in [2.24, 2.45) is 5.92 Å². The zero-order valence-corrected chi connectivity index (χ0v) is 12.8. The molecule has 110 valence electrons. The highest BCUT2D eigenvalue weighted by molar-refractivity contribution is 7.19. The first-order valence-electron chi connectivity index (χ1n) is 7.05. The van der Waals surface area contributed by atoms with E-state index in [1.807, 2.05) is 0 Å². The van der Waals surface area contributed by atoms with E-state index in [9.17, 15) is 4.79 Å². The van der Waals surface area contributed by atoms with Crippen LogP contribution in [0.4, 0.5) is 10.7 Å². The molecule has 5 nitrogen and oxygen atoms in total. The average Bonchev–Trinajstić information content (AvgIpc) is 3.12. The molecule has 2 heterocycles. The van der Waals surface area contributed by atoms with Gasteiger partial charge in [0.15, 0.2) is 11.5 Å². The predicted octanol–water partition coefficient (Wildman–Crippen LogP) is 2.05. The number of anilines is 2. The first-order chi connectivity index (χ1) is 9.60. The van der Waals surface area contributed by atoms with Crippen LogP contribution in [0.15, 0.2) is 0 Å². The fraction of sp³-hybridized carbons (Fsp3) is 0.643. The van der Waals surface area contributed by atoms with Crippen molar-refractivity contribution >= 4 is 27.8 Å². The molecule has 20 heavy (non-hydrogen) atoms. The van der Waals surface area contributed by atoms with Gasteiger partial charge in [-0.15, -0.1) is 11.3 Å². The quantitative estimate of drug-likeness (QED) is 0.814. The lowest BCUT2D eigenvalue weighted by molar-refractivity contribution is 0.0972. The molecule has 0 bridgehead atoms. The summed E-state index contributed by atoms with van der Waals surface area (Å²) in [5.41, 5.74) is 6.60. The summed E-state index contributed by atoms with van der Waals surface area (Å²) in [6.07, 6.45) is 3.09. The van der Waals surface area contributed by atoms with Crippen LogP contribution in [0.5, 0.6) is 5.75 Å². The van der Waals surface area contributed by atoms with Gasteiger partial charge in [0.1, 0.15) is 5.00 Å². The smallest absolute Gasteiger partial charge is 0.178 e. The second kappa shape index (κ2) is 5.26. The Morgan fingerprint density at radius 2 is 2.20 bits per heavy atom. The summed E-state index contributed by atoms with van der Waals surface area (Å²) in [4.78, 5) is 15.2. The molecular weight excluding hydrogens is 274 g/mol. The monoisotopic (exact) mass is 295 g/mol. The van der Waals surface area contributed by atoms with E-state index in [1.165, 1.54) is 11.3 Å². The molecule has 1 aliphatic carbocycles. The van der Waals surface area contributed by atoms with Gasteiger partial charge >= 0.3 is 0 Å². The normalized spacial score (nSPS) is 23.0.